The minimum absolute atomic E-state index is 0.144. The van der Waals surface area contributed by atoms with E-state index >= 15 is 0 Å². The van der Waals surface area contributed by atoms with E-state index in [1.165, 1.54) is 13.1 Å². The molecule has 0 spiro atoms. The number of nitrogens with one attached hydrogen (secondary N) is 1. The summed E-state index contributed by atoms with van der Waals surface area (Å²) in [4.78, 5) is 11.4. The van der Waals surface area contributed by atoms with Crippen molar-refractivity contribution in [2.75, 3.05) is 6.54 Å². The monoisotopic (exact) mass is 233 g/mol. The van der Waals surface area contributed by atoms with E-state index in [4.69, 9.17) is 0 Å². The van der Waals surface area contributed by atoms with Crippen molar-refractivity contribution in [1.29, 1.82) is 0 Å². The molecule has 0 aliphatic rings. The number of amides is 1. The molecule has 0 bridgehead atoms. The first-order valence-electron chi connectivity index (χ1n) is 4.36. The van der Waals surface area contributed by atoms with E-state index in [1.54, 1.807) is 0 Å². The zero-order valence-corrected chi connectivity index (χ0v) is 8.51. The number of aromatic nitrogens is 2. The molecule has 0 aromatic carbocycles. The van der Waals surface area contributed by atoms with Crippen LogP contribution >= 0.6 is 0 Å². The van der Waals surface area contributed by atoms with E-state index in [1.807, 2.05) is 0 Å². The third-order valence-corrected chi connectivity index (χ3v) is 1.81. The smallest absolute Gasteiger partial charge is 0.347 e. The van der Waals surface area contributed by atoms with Crippen LogP contribution < -0.4 is 5.32 Å². The number of halogens is 3. The van der Waals surface area contributed by atoms with Gasteiger partial charge in [-0.3, -0.25) is 9.48 Å². The van der Waals surface area contributed by atoms with Gasteiger partial charge in [0, 0.05) is 19.7 Å². The van der Waals surface area contributed by atoms with E-state index in [0.717, 1.165) is 4.68 Å². The van der Waals surface area contributed by atoms with Gasteiger partial charge in [-0.2, -0.15) is 18.3 Å². The molecule has 0 unspecified atom stereocenters. The number of carbonyl (C=O) groups excluding carboxylic acids is 1. The molecule has 0 fully saturated rings. The van der Waals surface area contributed by atoms with E-state index in [-0.39, 0.29) is 12.2 Å². The number of rotatable bonds is 3. The van der Waals surface area contributed by atoms with Crippen LogP contribution in [0.1, 0.15) is 16.2 Å². The molecule has 16 heavy (non-hydrogen) atoms. The lowest BCUT2D eigenvalue weighted by molar-refractivity contribution is -0.141. The number of nitrogens with zero attached hydrogens (tertiary/aromatic N) is 2. The summed E-state index contributed by atoms with van der Waals surface area (Å²) >= 11 is 0. The second-order valence-electron chi connectivity index (χ2n) is 3.03. The van der Waals surface area contributed by atoms with Crippen LogP contribution in [0.3, 0.4) is 0 Å². The average molecular weight is 233 g/mol. The van der Waals surface area contributed by atoms with E-state index in [9.17, 15) is 18.0 Å². The second kappa shape index (κ2) is 4.38. The Labute approximate surface area is 89.7 Å². The highest BCUT2D eigenvalue weighted by atomic mass is 19.4. The van der Waals surface area contributed by atoms with E-state index in [2.05, 4.69) is 17.0 Å². The Hall–Kier alpha value is -1.79. The number of hydrogen-bond donors (Lipinski definition) is 1. The minimum Gasteiger partial charge on any atom is -0.347 e. The van der Waals surface area contributed by atoms with Gasteiger partial charge in [0.05, 0.1) is 0 Å². The largest absolute Gasteiger partial charge is 0.435 e. The molecular formula is C9H10F3N3O. The van der Waals surface area contributed by atoms with Crippen LogP contribution in [-0.4, -0.2) is 22.2 Å². The van der Waals surface area contributed by atoms with Crippen molar-refractivity contribution in [2.24, 2.45) is 7.05 Å². The molecule has 0 atom stereocenters. The van der Waals surface area contributed by atoms with E-state index in [0.29, 0.717) is 6.07 Å². The Kier molecular flexibility index (Phi) is 3.36. The number of hydrogen-bond acceptors (Lipinski definition) is 2. The van der Waals surface area contributed by atoms with Crippen LogP contribution in [-0.2, 0) is 13.2 Å². The first-order chi connectivity index (χ1) is 7.36. The summed E-state index contributed by atoms with van der Waals surface area (Å²) in [5, 5.41) is 5.59. The molecule has 4 nitrogen and oxygen atoms in total. The van der Waals surface area contributed by atoms with Crippen molar-refractivity contribution in [3.05, 3.63) is 30.1 Å². The zero-order chi connectivity index (χ0) is 12.3. The predicted octanol–water partition coefficient (Wildman–Crippen LogP) is 1.35. The lowest BCUT2D eigenvalue weighted by Gasteiger charge is -2.00. The highest BCUT2D eigenvalue weighted by molar-refractivity contribution is 5.92. The standard InChI is InChI=1S/C9H10F3N3O/c1-3-4-13-8(16)6-5-7(9(10,11)12)14-15(6)2/h3,5H,1,4H2,2H3,(H,13,16). The van der Waals surface area contributed by atoms with Gasteiger partial charge in [-0.05, 0) is 0 Å². The van der Waals surface area contributed by atoms with Crippen LogP contribution in [0.25, 0.3) is 0 Å². The van der Waals surface area contributed by atoms with Gasteiger partial charge in [-0.1, -0.05) is 6.08 Å². The number of carbonyl (C=O) groups is 1. The molecule has 0 radical (unpaired) electrons. The molecule has 0 aliphatic heterocycles. The van der Waals surface area contributed by atoms with Crippen LogP contribution in [0.2, 0.25) is 0 Å². The Morgan fingerprint density at radius 2 is 2.31 bits per heavy atom. The maximum absolute atomic E-state index is 12.3. The third-order valence-electron chi connectivity index (χ3n) is 1.81. The summed E-state index contributed by atoms with van der Waals surface area (Å²) < 4.78 is 37.7. The molecule has 1 N–H and O–H groups in total. The Bertz CT molecular complexity index is 409. The molecule has 1 rings (SSSR count). The van der Waals surface area contributed by atoms with Crippen LogP contribution in [0.5, 0.6) is 0 Å². The fourth-order valence-electron chi connectivity index (χ4n) is 1.07. The quantitative estimate of drug-likeness (QED) is 0.801. The van der Waals surface area contributed by atoms with Gasteiger partial charge < -0.3 is 5.32 Å². The highest BCUT2D eigenvalue weighted by Crippen LogP contribution is 2.28. The molecule has 0 saturated carbocycles. The molecule has 1 amide bonds. The van der Waals surface area contributed by atoms with Gasteiger partial charge in [-0.25, -0.2) is 0 Å². The normalized spacial score (nSPS) is 11.2. The predicted molar refractivity (Wildman–Crippen MR) is 50.7 cm³/mol. The highest BCUT2D eigenvalue weighted by Gasteiger charge is 2.35. The van der Waals surface area contributed by atoms with Gasteiger partial charge in [0.2, 0.25) is 0 Å². The van der Waals surface area contributed by atoms with Crippen molar-refractivity contribution < 1.29 is 18.0 Å². The van der Waals surface area contributed by atoms with E-state index < -0.39 is 17.8 Å². The molecule has 1 heterocycles. The summed E-state index contributed by atoms with van der Waals surface area (Å²) in [6.07, 6.45) is -3.12. The van der Waals surface area contributed by atoms with Gasteiger partial charge in [-0.15, -0.1) is 6.58 Å². The summed E-state index contributed by atoms with van der Waals surface area (Å²) in [6.45, 7) is 3.56. The Morgan fingerprint density at radius 1 is 1.69 bits per heavy atom. The molecule has 1 aromatic heterocycles. The first-order valence-corrected chi connectivity index (χ1v) is 4.36. The van der Waals surface area contributed by atoms with Crippen molar-refractivity contribution in [3.8, 4) is 0 Å². The summed E-state index contributed by atoms with van der Waals surface area (Å²) in [5.74, 6) is -0.620. The average Bonchev–Trinajstić information content (AvgIpc) is 2.56. The topological polar surface area (TPSA) is 46.9 Å². The lowest BCUT2D eigenvalue weighted by atomic mass is 10.3. The van der Waals surface area contributed by atoms with Crippen molar-refractivity contribution in [3.63, 3.8) is 0 Å². The van der Waals surface area contributed by atoms with Crippen molar-refractivity contribution in [1.82, 2.24) is 15.1 Å². The van der Waals surface area contributed by atoms with Gasteiger partial charge in [0.25, 0.3) is 5.91 Å². The fraction of sp³-hybridized carbons (Fsp3) is 0.333. The maximum atomic E-state index is 12.3. The molecular weight excluding hydrogens is 223 g/mol. The summed E-state index contributed by atoms with van der Waals surface area (Å²) in [5.41, 5.74) is -1.23. The van der Waals surface area contributed by atoms with Gasteiger partial charge >= 0.3 is 6.18 Å². The Balaban J connectivity index is 2.94. The van der Waals surface area contributed by atoms with Crippen LogP contribution in [0.15, 0.2) is 18.7 Å². The lowest BCUT2D eigenvalue weighted by Crippen LogP contribution is -2.25. The molecule has 0 saturated heterocycles. The molecule has 1 aromatic rings. The second-order valence-corrected chi connectivity index (χ2v) is 3.03. The van der Waals surface area contributed by atoms with Crippen molar-refractivity contribution >= 4 is 5.91 Å². The third kappa shape index (κ3) is 2.62. The molecule has 88 valence electrons. The molecule has 0 aliphatic carbocycles. The fourth-order valence-corrected chi connectivity index (χ4v) is 1.07. The molecule has 7 heteroatoms. The van der Waals surface area contributed by atoms with Gasteiger partial charge in [0.15, 0.2) is 5.69 Å². The van der Waals surface area contributed by atoms with Crippen molar-refractivity contribution in [2.45, 2.75) is 6.18 Å². The SMILES string of the molecule is C=CCNC(=O)c1cc(C(F)(F)F)nn1C. The van der Waals surface area contributed by atoms with Crippen LogP contribution in [0, 0.1) is 0 Å². The first kappa shape index (κ1) is 12.3. The zero-order valence-electron chi connectivity index (χ0n) is 8.51. The minimum atomic E-state index is -4.55. The van der Waals surface area contributed by atoms with Gasteiger partial charge in [0.1, 0.15) is 5.69 Å². The Morgan fingerprint density at radius 3 is 2.75 bits per heavy atom. The van der Waals surface area contributed by atoms with Crippen LogP contribution in [0.4, 0.5) is 13.2 Å². The summed E-state index contributed by atoms with van der Waals surface area (Å²) in [7, 11) is 1.28. The summed E-state index contributed by atoms with van der Waals surface area (Å²) in [6, 6.07) is 0.707. The number of aryl methyl sites for hydroxylation is 1. The number of alkyl halides is 3. The maximum Gasteiger partial charge on any atom is 0.435 e.